The average Bonchev–Trinajstić information content (AvgIpc) is 2.78. The second kappa shape index (κ2) is 11.8. The minimum atomic E-state index is -4.83. The molecule has 0 unspecified atom stereocenters. The Balaban J connectivity index is 1.93. The van der Waals surface area contributed by atoms with E-state index in [2.05, 4.69) is 9.73 Å². The summed E-state index contributed by atoms with van der Waals surface area (Å²) in [5, 5.41) is 0.719. The molecule has 0 amide bonds. The molecule has 0 bridgehead atoms. The van der Waals surface area contributed by atoms with E-state index >= 15 is 0 Å². The smallest absolute Gasteiger partial charge is 0.456 e. The number of alkyl halides is 3. The Morgan fingerprint density at radius 3 is 1.92 bits per heavy atom. The van der Waals surface area contributed by atoms with Gasteiger partial charge >= 0.3 is 12.3 Å². The van der Waals surface area contributed by atoms with Gasteiger partial charge < -0.3 is 19.9 Å². The van der Waals surface area contributed by atoms with E-state index in [1.54, 1.807) is 32.9 Å². The molecule has 0 aromatic heterocycles. The number of carbonyl (C=O) groups excluding carboxylic acids is 1. The molecule has 2 N–H and O–H groups in total. The summed E-state index contributed by atoms with van der Waals surface area (Å²) in [6.45, 7) is 5.28. The highest BCUT2D eigenvalue weighted by Crippen LogP contribution is 2.28. The zero-order valence-corrected chi connectivity index (χ0v) is 22.0. The maximum atomic E-state index is 12.6. The van der Waals surface area contributed by atoms with Gasteiger partial charge in [-0.2, -0.15) is 0 Å². The molecule has 0 saturated heterocycles. The van der Waals surface area contributed by atoms with Crippen molar-refractivity contribution >= 4 is 46.6 Å². The zero-order chi connectivity index (χ0) is 28.1. The molecule has 200 valence electrons. The fourth-order valence-electron chi connectivity index (χ4n) is 3.05. The predicted octanol–water partition coefficient (Wildman–Crippen LogP) is 7.96. The normalized spacial score (nSPS) is 12.7. The second-order valence-corrected chi connectivity index (χ2v) is 9.74. The van der Waals surface area contributed by atoms with E-state index in [0.717, 1.165) is 12.1 Å². The number of ether oxygens (including phenoxy) is 3. The number of rotatable bonds is 7. The van der Waals surface area contributed by atoms with E-state index in [1.807, 2.05) is 0 Å². The van der Waals surface area contributed by atoms with Gasteiger partial charge in [-0.3, -0.25) is 4.99 Å². The lowest BCUT2D eigenvalue weighted by atomic mass is 10.1. The third-order valence-corrected chi connectivity index (χ3v) is 5.01. The van der Waals surface area contributed by atoms with E-state index in [4.69, 9.17) is 38.4 Å². The van der Waals surface area contributed by atoms with E-state index < -0.39 is 23.7 Å². The highest BCUT2D eigenvalue weighted by Gasteiger charge is 2.31. The largest absolute Gasteiger partial charge is 0.573 e. The zero-order valence-electron chi connectivity index (χ0n) is 20.5. The molecular weight excluding hydrogens is 544 g/mol. The van der Waals surface area contributed by atoms with Crippen LogP contribution in [0.15, 0.2) is 77.6 Å². The first-order valence-corrected chi connectivity index (χ1v) is 11.8. The SMILES string of the molecule is CC(C)(C)OC(=O)c1ccc(OC(N)=C(C=Nc2cc(Cl)cc(Cl)c2)c2ccc(OC(F)(F)F)cc2)cc1. The van der Waals surface area contributed by atoms with Crippen molar-refractivity contribution in [1.82, 2.24) is 0 Å². The van der Waals surface area contributed by atoms with Crippen LogP contribution in [0.3, 0.4) is 0 Å². The molecule has 0 fully saturated rings. The summed E-state index contributed by atoms with van der Waals surface area (Å²) in [4.78, 5) is 16.6. The van der Waals surface area contributed by atoms with E-state index in [-0.39, 0.29) is 11.5 Å². The van der Waals surface area contributed by atoms with Crippen molar-refractivity contribution in [2.45, 2.75) is 32.7 Å². The Bertz CT molecular complexity index is 1330. The third kappa shape index (κ3) is 9.00. The molecule has 3 aromatic rings. The fourth-order valence-corrected chi connectivity index (χ4v) is 3.56. The summed E-state index contributed by atoms with van der Waals surface area (Å²) in [5.74, 6) is -0.724. The Morgan fingerprint density at radius 1 is 0.868 bits per heavy atom. The van der Waals surface area contributed by atoms with E-state index in [1.165, 1.54) is 48.7 Å². The maximum Gasteiger partial charge on any atom is 0.573 e. The monoisotopic (exact) mass is 566 g/mol. The van der Waals surface area contributed by atoms with Crippen LogP contribution >= 0.6 is 23.2 Å². The minimum Gasteiger partial charge on any atom is -0.456 e. The quantitative estimate of drug-likeness (QED) is 0.178. The van der Waals surface area contributed by atoms with Gasteiger partial charge in [0.2, 0.25) is 0 Å². The topological polar surface area (TPSA) is 83.1 Å². The molecule has 0 aliphatic heterocycles. The van der Waals surface area contributed by atoms with Crippen LogP contribution in [0, 0.1) is 0 Å². The summed E-state index contributed by atoms with van der Waals surface area (Å²) in [5.41, 5.74) is 6.94. The summed E-state index contributed by atoms with van der Waals surface area (Å²) in [6.07, 6.45) is -3.47. The molecular formula is C27H23Cl2F3N2O4. The van der Waals surface area contributed by atoms with Gasteiger partial charge in [0.1, 0.15) is 17.1 Å². The number of allylic oxidation sites excluding steroid dienone is 1. The number of nitrogens with two attached hydrogens (primary N) is 1. The van der Waals surface area contributed by atoms with Gasteiger partial charge in [0.25, 0.3) is 0 Å². The van der Waals surface area contributed by atoms with Crippen molar-refractivity contribution in [2.75, 3.05) is 0 Å². The number of esters is 1. The summed E-state index contributed by atoms with van der Waals surface area (Å²) in [7, 11) is 0. The predicted molar refractivity (Wildman–Crippen MR) is 141 cm³/mol. The number of aliphatic imine (C=N–C) groups is 1. The molecule has 0 spiro atoms. The lowest BCUT2D eigenvalue weighted by molar-refractivity contribution is -0.274. The molecule has 11 heteroatoms. The van der Waals surface area contributed by atoms with Crippen molar-refractivity contribution < 1.29 is 32.2 Å². The van der Waals surface area contributed by atoms with Gasteiger partial charge in [-0.1, -0.05) is 35.3 Å². The van der Waals surface area contributed by atoms with Gasteiger partial charge in [-0.15, -0.1) is 13.2 Å². The molecule has 0 saturated carbocycles. The molecule has 6 nitrogen and oxygen atoms in total. The molecule has 0 aliphatic carbocycles. The van der Waals surface area contributed by atoms with Crippen molar-refractivity contribution in [3.63, 3.8) is 0 Å². The van der Waals surface area contributed by atoms with E-state index in [9.17, 15) is 18.0 Å². The third-order valence-electron chi connectivity index (χ3n) is 4.57. The minimum absolute atomic E-state index is 0.114. The van der Waals surface area contributed by atoms with Crippen LogP contribution in [0.5, 0.6) is 11.5 Å². The first-order valence-electron chi connectivity index (χ1n) is 11.1. The summed E-state index contributed by atoms with van der Waals surface area (Å²) >= 11 is 12.1. The average molecular weight is 567 g/mol. The molecule has 3 aromatic carbocycles. The van der Waals surface area contributed by atoms with Crippen molar-refractivity contribution in [3.05, 3.63) is 93.8 Å². The van der Waals surface area contributed by atoms with Gasteiger partial charge in [0.15, 0.2) is 5.88 Å². The number of hydrogen-bond donors (Lipinski definition) is 1. The molecule has 0 atom stereocenters. The van der Waals surface area contributed by atoms with Gasteiger partial charge in [0, 0.05) is 16.3 Å². The number of halogens is 5. The van der Waals surface area contributed by atoms with Crippen LogP contribution in [0.4, 0.5) is 18.9 Å². The molecule has 38 heavy (non-hydrogen) atoms. The van der Waals surface area contributed by atoms with Crippen LogP contribution in [0.25, 0.3) is 5.57 Å². The first kappa shape index (κ1) is 28.9. The highest BCUT2D eigenvalue weighted by atomic mass is 35.5. The molecule has 0 radical (unpaired) electrons. The highest BCUT2D eigenvalue weighted by molar-refractivity contribution is 6.35. The van der Waals surface area contributed by atoms with Crippen molar-refractivity contribution in [1.29, 1.82) is 0 Å². The standard InChI is InChI=1S/C27H23Cl2F3N2O4/c1-26(2,3)38-25(35)17-6-8-21(9-7-17)36-24(33)23(15-34-20-13-18(28)12-19(29)14-20)16-4-10-22(11-5-16)37-27(30,31)32/h4-15H,33H2,1-3H3. The summed E-state index contributed by atoms with van der Waals surface area (Å²) in [6, 6.07) is 15.8. The first-order chi connectivity index (χ1) is 17.7. The van der Waals surface area contributed by atoms with Crippen LogP contribution in [0.2, 0.25) is 10.0 Å². The second-order valence-electron chi connectivity index (χ2n) is 8.86. The molecule has 0 aliphatic rings. The molecule has 0 heterocycles. The Morgan fingerprint density at radius 2 is 1.39 bits per heavy atom. The Kier molecular flexibility index (Phi) is 8.96. The van der Waals surface area contributed by atoms with Crippen molar-refractivity contribution in [3.8, 4) is 11.5 Å². The fraction of sp³-hybridized carbons (Fsp3) is 0.185. The van der Waals surface area contributed by atoms with Gasteiger partial charge in [-0.25, -0.2) is 4.79 Å². The Hall–Kier alpha value is -3.69. The maximum absolute atomic E-state index is 12.6. The lowest BCUT2D eigenvalue weighted by Crippen LogP contribution is -2.23. The Labute approximate surface area is 227 Å². The van der Waals surface area contributed by atoms with Crippen LogP contribution in [-0.2, 0) is 4.74 Å². The number of carbonyl (C=O) groups is 1. The van der Waals surface area contributed by atoms with Crippen LogP contribution in [-0.4, -0.2) is 24.1 Å². The van der Waals surface area contributed by atoms with Gasteiger partial charge in [-0.05, 0) is 80.9 Å². The number of hydrogen-bond acceptors (Lipinski definition) is 6. The van der Waals surface area contributed by atoms with Crippen LogP contribution < -0.4 is 15.2 Å². The lowest BCUT2D eigenvalue weighted by Gasteiger charge is -2.19. The number of benzene rings is 3. The van der Waals surface area contributed by atoms with Gasteiger partial charge in [0.05, 0.1) is 16.8 Å². The van der Waals surface area contributed by atoms with E-state index in [0.29, 0.717) is 32.6 Å². The number of nitrogens with zero attached hydrogens (tertiary/aromatic N) is 1. The van der Waals surface area contributed by atoms with Crippen LogP contribution in [0.1, 0.15) is 36.7 Å². The molecule has 3 rings (SSSR count). The summed E-state index contributed by atoms with van der Waals surface area (Å²) < 4.78 is 52.7. The van der Waals surface area contributed by atoms with Crippen molar-refractivity contribution in [2.24, 2.45) is 10.7 Å².